The molecule has 1 rings (SSSR count). The summed E-state index contributed by atoms with van der Waals surface area (Å²) in [6, 6.07) is 0.285. The average Bonchev–Trinajstić information content (AvgIpc) is 2.27. The molecule has 0 fully saturated rings. The van der Waals surface area contributed by atoms with Crippen LogP contribution in [0.2, 0.25) is 0 Å². The largest absolute Gasteiger partial charge is 0.466 e. The van der Waals surface area contributed by atoms with E-state index in [-0.39, 0.29) is 12.0 Å². The van der Waals surface area contributed by atoms with Crippen LogP contribution in [0.4, 0.5) is 0 Å². The maximum absolute atomic E-state index is 11.2. The summed E-state index contributed by atoms with van der Waals surface area (Å²) in [6.07, 6.45) is 5.77. The van der Waals surface area contributed by atoms with Crippen LogP contribution in [0.5, 0.6) is 0 Å². The Morgan fingerprint density at radius 3 is 3.13 bits per heavy atom. The van der Waals surface area contributed by atoms with Crippen LogP contribution in [0, 0.1) is 0 Å². The standard InChI is InChI=1S/C11H20N2O2/c1-2-15-11(14)6-8-13-7-4-3-5-10(13)9-12/h3,5,10H,2,4,6-9,12H2,1H3. The van der Waals surface area contributed by atoms with Crippen LogP contribution in [0.3, 0.4) is 0 Å². The van der Waals surface area contributed by atoms with E-state index in [4.69, 9.17) is 10.5 Å². The lowest BCUT2D eigenvalue weighted by atomic mass is 10.1. The Balaban J connectivity index is 2.30. The van der Waals surface area contributed by atoms with Gasteiger partial charge in [-0.25, -0.2) is 0 Å². The first-order valence-electron chi connectivity index (χ1n) is 5.54. The lowest BCUT2D eigenvalue weighted by Gasteiger charge is -2.30. The van der Waals surface area contributed by atoms with Gasteiger partial charge in [-0.2, -0.15) is 0 Å². The molecule has 86 valence electrons. The van der Waals surface area contributed by atoms with Gasteiger partial charge in [-0.15, -0.1) is 0 Å². The highest BCUT2D eigenvalue weighted by Gasteiger charge is 2.17. The maximum Gasteiger partial charge on any atom is 0.307 e. The van der Waals surface area contributed by atoms with E-state index in [9.17, 15) is 4.79 Å². The van der Waals surface area contributed by atoms with Gasteiger partial charge in [0.05, 0.1) is 13.0 Å². The predicted octanol–water partition coefficient (Wildman–Crippen LogP) is 0.529. The van der Waals surface area contributed by atoms with Crippen molar-refractivity contribution >= 4 is 5.97 Å². The van der Waals surface area contributed by atoms with Gasteiger partial charge in [-0.05, 0) is 13.3 Å². The summed E-state index contributed by atoms with van der Waals surface area (Å²) in [6.45, 7) is 4.62. The third-order valence-corrected chi connectivity index (χ3v) is 2.56. The number of hydrogen-bond acceptors (Lipinski definition) is 4. The van der Waals surface area contributed by atoms with E-state index in [0.29, 0.717) is 19.6 Å². The van der Waals surface area contributed by atoms with Gasteiger partial charge in [0, 0.05) is 25.7 Å². The van der Waals surface area contributed by atoms with Crippen molar-refractivity contribution in [1.82, 2.24) is 4.90 Å². The van der Waals surface area contributed by atoms with E-state index in [1.807, 2.05) is 6.92 Å². The van der Waals surface area contributed by atoms with E-state index < -0.39 is 0 Å². The average molecular weight is 212 g/mol. The molecule has 0 amide bonds. The number of ether oxygens (including phenoxy) is 1. The van der Waals surface area contributed by atoms with Crippen molar-refractivity contribution < 1.29 is 9.53 Å². The second kappa shape index (κ2) is 6.58. The molecule has 1 aliphatic rings. The van der Waals surface area contributed by atoms with Crippen LogP contribution in [-0.2, 0) is 9.53 Å². The summed E-state index contributed by atoms with van der Waals surface area (Å²) in [4.78, 5) is 13.4. The molecule has 0 saturated heterocycles. The van der Waals surface area contributed by atoms with Crippen molar-refractivity contribution in [1.29, 1.82) is 0 Å². The van der Waals surface area contributed by atoms with Gasteiger partial charge in [0.2, 0.25) is 0 Å². The van der Waals surface area contributed by atoms with Crippen molar-refractivity contribution in [3.05, 3.63) is 12.2 Å². The first-order valence-corrected chi connectivity index (χ1v) is 5.54. The molecule has 0 spiro atoms. The lowest BCUT2D eigenvalue weighted by molar-refractivity contribution is -0.143. The number of nitrogens with two attached hydrogens (primary N) is 1. The molecule has 0 radical (unpaired) electrons. The van der Waals surface area contributed by atoms with E-state index in [1.165, 1.54) is 0 Å². The third kappa shape index (κ3) is 4.01. The highest BCUT2D eigenvalue weighted by Crippen LogP contribution is 2.09. The van der Waals surface area contributed by atoms with Crippen molar-refractivity contribution in [2.24, 2.45) is 5.73 Å². The minimum absolute atomic E-state index is 0.122. The van der Waals surface area contributed by atoms with Crippen LogP contribution in [0.25, 0.3) is 0 Å². The van der Waals surface area contributed by atoms with Gasteiger partial charge < -0.3 is 10.5 Å². The summed E-state index contributed by atoms with van der Waals surface area (Å²) in [5, 5.41) is 0. The fourth-order valence-electron chi connectivity index (χ4n) is 1.75. The van der Waals surface area contributed by atoms with Gasteiger partial charge in [-0.3, -0.25) is 9.69 Å². The fourth-order valence-corrected chi connectivity index (χ4v) is 1.75. The quantitative estimate of drug-likeness (QED) is 0.533. The minimum Gasteiger partial charge on any atom is -0.466 e. The molecule has 0 aromatic carbocycles. The SMILES string of the molecule is CCOC(=O)CCN1CCC=CC1CN. The molecule has 1 atom stereocenters. The molecule has 0 saturated carbocycles. The fraction of sp³-hybridized carbons (Fsp3) is 0.727. The molecule has 4 nitrogen and oxygen atoms in total. The van der Waals surface area contributed by atoms with Gasteiger partial charge in [0.25, 0.3) is 0 Å². The maximum atomic E-state index is 11.2. The molecule has 15 heavy (non-hydrogen) atoms. The van der Waals surface area contributed by atoms with E-state index in [2.05, 4.69) is 17.1 Å². The Morgan fingerprint density at radius 2 is 2.47 bits per heavy atom. The summed E-state index contributed by atoms with van der Waals surface area (Å²) in [5.74, 6) is -0.122. The Bertz CT molecular complexity index is 229. The second-order valence-corrected chi connectivity index (χ2v) is 3.61. The Hall–Kier alpha value is -0.870. The Kier molecular flexibility index (Phi) is 5.36. The van der Waals surface area contributed by atoms with Crippen LogP contribution in [0.1, 0.15) is 19.8 Å². The Morgan fingerprint density at radius 1 is 1.67 bits per heavy atom. The van der Waals surface area contributed by atoms with Gasteiger partial charge in [0.15, 0.2) is 0 Å². The number of hydrogen-bond donors (Lipinski definition) is 1. The van der Waals surface area contributed by atoms with Crippen molar-refractivity contribution in [2.45, 2.75) is 25.8 Å². The van der Waals surface area contributed by atoms with Crippen LogP contribution < -0.4 is 5.73 Å². The molecule has 0 aliphatic carbocycles. The van der Waals surface area contributed by atoms with E-state index >= 15 is 0 Å². The smallest absolute Gasteiger partial charge is 0.307 e. The number of carbonyl (C=O) groups is 1. The lowest BCUT2D eigenvalue weighted by Crippen LogP contribution is -2.42. The zero-order chi connectivity index (χ0) is 11.1. The second-order valence-electron chi connectivity index (χ2n) is 3.61. The number of esters is 1. The minimum atomic E-state index is -0.122. The van der Waals surface area contributed by atoms with Crippen LogP contribution in [0.15, 0.2) is 12.2 Å². The van der Waals surface area contributed by atoms with Crippen molar-refractivity contribution in [3.8, 4) is 0 Å². The predicted molar refractivity (Wildman–Crippen MR) is 59.4 cm³/mol. The monoisotopic (exact) mass is 212 g/mol. The summed E-state index contributed by atoms with van der Waals surface area (Å²) in [5.41, 5.74) is 5.65. The van der Waals surface area contributed by atoms with Crippen LogP contribution in [-0.4, -0.2) is 43.2 Å². The highest BCUT2D eigenvalue weighted by molar-refractivity contribution is 5.69. The van der Waals surface area contributed by atoms with Gasteiger partial charge in [-0.1, -0.05) is 12.2 Å². The van der Waals surface area contributed by atoms with Gasteiger partial charge >= 0.3 is 5.97 Å². The summed E-state index contributed by atoms with van der Waals surface area (Å²) in [7, 11) is 0. The highest BCUT2D eigenvalue weighted by atomic mass is 16.5. The third-order valence-electron chi connectivity index (χ3n) is 2.56. The number of nitrogens with zero attached hydrogens (tertiary/aromatic N) is 1. The summed E-state index contributed by atoms with van der Waals surface area (Å²) >= 11 is 0. The first kappa shape index (κ1) is 12.2. The van der Waals surface area contributed by atoms with Crippen LogP contribution >= 0.6 is 0 Å². The zero-order valence-electron chi connectivity index (χ0n) is 9.32. The van der Waals surface area contributed by atoms with Crippen molar-refractivity contribution in [3.63, 3.8) is 0 Å². The Labute approximate surface area is 91.1 Å². The molecule has 1 unspecified atom stereocenters. The molecule has 0 aromatic rings. The number of carbonyl (C=O) groups excluding carboxylic acids is 1. The molecule has 0 aromatic heterocycles. The molecule has 1 aliphatic heterocycles. The molecule has 1 heterocycles. The topological polar surface area (TPSA) is 55.6 Å². The normalized spacial score (nSPS) is 21.6. The molecule has 2 N–H and O–H groups in total. The molecule has 4 heteroatoms. The number of rotatable bonds is 5. The first-order chi connectivity index (χ1) is 7.27. The van der Waals surface area contributed by atoms with E-state index in [0.717, 1.165) is 19.5 Å². The zero-order valence-corrected chi connectivity index (χ0v) is 9.32. The summed E-state index contributed by atoms with van der Waals surface area (Å²) < 4.78 is 4.89. The molecular formula is C11H20N2O2. The molecular weight excluding hydrogens is 192 g/mol. The van der Waals surface area contributed by atoms with Crippen molar-refractivity contribution in [2.75, 3.05) is 26.2 Å². The van der Waals surface area contributed by atoms with Gasteiger partial charge in [0.1, 0.15) is 0 Å². The van der Waals surface area contributed by atoms with E-state index in [1.54, 1.807) is 0 Å². The molecule has 0 bridgehead atoms.